The lowest BCUT2D eigenvalue weighted by Crippen LogP contribution is -2.00. The largest absolute Gasteiger partial charge is 0.456 e. The number of rotatable bonds is 4. The Morgan fingerprint density at radius 2 is 0.909 bits per heavy atom. The van der Waals surface area contributed by atoms with Gasteiger partial charge >= 0.3 is 0 Å². The molecule has 2 unspecified atom stereocenters. The van der Waals surface area contributed by atoms with Crippen molar-refractivity contribution in [3.63, 3.8) is 0 Å². The molecule has 0 bridgehead atoms. The predicted molar refractivity (Wildman–Crippen MR) is 228 cm³/mol. The Balaban J connectivity index is 1.01. The molecule has 0 N–H and O–H groups in total. The molecule has 0 saturated heterocycles. The maximum Gasteiger partial charge on any atom is 0.136 e. The van der Waals surface area contributed by atoms with Crippen molar-refractivity contribution in [2.75, 3.05) is 0 Å². The minimum absolute atomic E-state index is 0.126. The van der Waals surface area contributed by atoms with Gasteiger partial charge < -0.3 is 4.42 Å². The van der Waals surface area contributed by atoms with Gasteiger partial charge in [0.25, 0.3) is 0 Å². The fourth-order valence-corrected chi connectivity index (χ4v) is 9.66. The second kappa shape index (κ2) is 11.8. The molecule has 0 fully saturated rings. The van der Waals surface area contributed by atoms with Crippen LogP contribution in [0.3, 0.4) is 0 Å². The van der Waals surface area contributed by atoms with Crippen molar-refractivity contribution in [2.45, 2.75) is 11.8 Å². The first-order valence-corrected chi connectivity index (χ1v) is 19.2. The van der Waals surface area contributed by atoms with Crippen LogP contribution in [0, 0.1) is 0 Å². The highest BCUT2D eigenvalue weighted by atomic mass is 16.3. The van der Waals surface area contributed by atoms with Gasteiger partial charge in [-0.05, 0) is 119 Å². The topological polar surface area (TPSA) is 13.1 Å². The van der Waals surface area contributed by atoms with Crippen LogP contribution < -0.4 is 0 Å². The summed E-state index contributed by atoms with van der Waals surface area (Å²) < 4.78 is 6.47. The number of furan rings is 1. The molecule has 0 spiro atoms. The van der Waals surface area contributed by atoms with Crippen LogP contribution in [0.1, 0.15) is 45.2 Å². The Hall–Kier alpha value is -6.96. The third-order valence-electron chi connectivity index (χ3n) is 12.2. The van der Waals surface area contributed by atoms with E-state index in [1.165, 1.54) is 94.0 Å². The Labute approximate surface area is 319 Å². The third-order valence-corrected chi connectivity index (χ3v) is 12.2. The summed E-state index contributed by atoms with van der Waals surface area (Å²) in [5.41, 5.74) is 20.1. The van der Waals surface area contributed by atoms with Crippen molar-refractivity contribution >= 4 is 32.7 Å². The van der Waals surface area contributed by atoms with E-state index in [2.05, 4.69) is 194 Å². The van der Waals surface area contributed by atoms with E-state index in [1.54, 1.807) is 0 Å². The first-order chi connectivity index (χ1) is 27.2. The number of para-hydroxylation sites is 1. The van der Waals surface area contributed by atoms with Crippen molar-refractivity contribution in [2.24, 2.45) is 0 Å². The van der Waals surface area contributed by atoms with Crippen LogP contribution >= 0.6 is 0 Å². The Morgan fingerprint density at radius 1 is 0.291 bits per heavy atom. The molecule has 1 aromatic heterocycles. The highest BCUT2D eigenvalue weighted by Crippen LogP contribution is 2.53. The molecule has 12 rings (SSSR count). The average molecular weight is 699 g/mol. The van der Waals surface area contributed by atoms with Gasteiger partial charge in [0.15, 0.2) is 0 Å². The molecule has 1 heterocycles. The van der Waals surface area contributed by atoms with Crippen LogP contribution in [-0.4, -0.2) is 0 Å². The van der Waals surface area contributed by atoms with E-state index >= 15 is 0 Å². The normalized spacial score (nSPS) is 15.3. The minimum Gasteiger partial charge on any atom is -0.456 e. The van der Waals surface area contributed by atoms with Crippen molar-refractivity contribution in [1.29, 1.82) is 0 Å². The van der Waals surface area contributed by atoms with E-state index in [0.29, 0.717) is 0 Å². The van der Waals surface area contributed by atoms with Crippen molar-refractivity contribution < 1.29 is 4.42 Å². The summed E-state index contributed by atoms with van der Waals surface area (Å²) in [6.45, 7) is 0. The number of benzene rings is 9. The fraction of sp³-hybridized carbons (Fsp3) is 0.0370. The van der Waals surface area contributed by atoms with Gasteiger partial charge in [-0.1, -0.05) is 164 Å². The number of hydrogen-bond donors (Lipinski definition) is 0. The van der Waals surface area contributed by atoms with E-state index in [9.17, 15) is 0 Å². The standard InChI is InChI=1S/C54H34O/c1-2-11-33(12-3-1)36-15-10-16-39(27-36)53-43-19-7-6-17-41(43)46-29-37(23-25-44(46)53)38-24-26-45-47(30-38)48-32-52-49(42-18-8-9-20-51(42)55-52)31-50(48)54(45)40-22-21-34-13-4-5-14-35(34)28-40/h1-32,53-54H. The number of hydrogen-bond acceptors (Lipinski definition) is 1. The van der Waals surface area contributed by atoms with Crippen LogP contribution in [-0.2, 0) is 0 Å². The highest BCUT2D eigenvalue weighted by molar-refractivity contribution is 6.07. The summed E-state index contributed by atoms with van der Waals surface area (Å²) in [5, 5.41) is 4.87. The van der Waals surface area contributed by atoms with Crippen LogP contribution in [0.4, 0.5) is 0 Å². The van der Waals surface area contributed by atoms with E-state index in [4.69, 9.17) is 4.42 Å². The van der Waals surface area contributed by atoms with Crippen molar-refractivity contribution in [3.05, 3.63) is 228 Å². The molecule has 0 amide bonds. The van der Waals surface area contributed by atoms with Gasteiger partial charge in [-0.2, -0.15) is 0 Å². The summed E-state index contributed by atoms with van der Waals surface area (Å²) in [4.78, 5) is 0. The second-order valence-electron chi connectivity index (χ2n) is 15.2. The van der Waals surface area contributed by atoms with E-state index in [0.717, 1.165) is 16.6 Å². The number of fused-ring (bicyclic) bond motifs is 10. The molecule has 1 nitrogen and oxygen atoms in total. The second-order valence-corrected chi connectivity index (χ2v) is 15.2. The molecule has 1 heteroatoms. The molecular formula is C54H34O. The van der Waals surface area contributed by atoms with Crippen LogP contribution in [0.2, 0.25) is 0 Å². The zero-order valence-electron chi connectivity index (χ0n) is 30.0. The zero-order valence-corrected chi connectivity index (χ0v) is 30.0. The summed E-state index contributed by atoms with van der Waals surface area (Å²) in [7, 11) is 0. The lowest BCUT2D eigenvalue weighted by Gasteiger charge is -2.17. The molecule has 2 aliphatic carbocycles. The van der Waals surface area contributed by atoms with Gasteiger partial charge in [-0.3, -0.25) is 0 Å². The zero-order chi connectivity index (χ0) is 36.0. The smallest absolute Gasteiger partial charge is 0.136 e. The third kappa shape index (κ3) is 4.66. The molecule has 0 saturated carbocycles. The fourth-order valence-electron chi connectivity index (χ4n) is 9.66. The highest BCUT2D eigenvalue weighted by Gasteiger charge is 2.33. The summed E-state index contributed by atoms with van der Waals surface area (Å²) in [6, 6.07) is 71.8. The Kier molecular flexibility index (Phi) is 6.53. The molecular weight excluding hydrogens is 665 g/mol. The van der Waals surface area contributed by atoms with Crippen LogP contribution in [0.15, 0.2) is 199 Å². The first kappa shape index (κ1) is 30.5. The van der Waals surface area contributed by atoms with Crippen molar-refractivity contribution in [3.8, 4) is 44.5 Å². The van der Waals surface area contributed by atoms with Gasteiger partial charge in [-0.25, -0.2) is 0 Å². The lowest BCUT2D eigenvalue weighted by molar-refractivity contribution is 0.669. The molecule has 2 atom stereocenters. The van der Waals surface area contributed by atoms with Gasteiger partial charge in [0.2, 0.25) is 0 Å². The molecule has 0 aliphatic heterocycles. The Bertz CT molecular complexity index is 3160. The first-order valence-electron chi connectivity index (χ1n) is 19.2. The van der Waals surface area contributed by atoms with Crippen LogP contribution in [0.25, 0.3) is 77.2 Å². The SMILES string of the molecule is c1ccc(-c2cccc(C3c4ccccc4-c4cc(-c5ccc6c(c5)-c5cc7oc8ccccc8c7cc5C6c5ccc6ccccc6c5)ccc43)c2)cc1. The molecule has 10 aromatic rings. The summed E-state index contributed by atoms with van der Waals surface area (Å²) >= 11 is 0. The van der Waals surface area contributed by atoms with E-state index < -0.39 is 0 Å². The minimum atomic E-state index is 0.126. The average Bonchev–Trinajstić information content (AvgIpc) is 3.89. The van der Waals surface area contributed by atoms with Gasteiger partial charge in [-0.15, -0.1) is 0 Å². The molecule has 0 radical (unpaired) electrons. The quantitative estimate of drug-likeness (QED) is 0.178. The maximum absolute atomic E-state index is 6.47. The van der Waals surface area contributed by atoms with Gasteiger partial charge in [0.05, 0.1) is 0 Å². The van der Waals surface area contributed by atoms with Gasteiger partial charge in [0.1, 0.15) is 11.2 Å². The maximum atomic E-state index is 6.47. The molecule has 9 aromatic carbocycles. The Morgan fingerprint density at radius 3 is 1.76 bits per heavy atom. The van der Waals surface area contributed by atoms with Gasteiger partial charge in [0, 0.05) is 22.6 Å². The summed E-state index contributed by atoms with van der Waals surface area (Å²) in [5.74, 6) is 0.311. The monoisotopic (exact) mass is 698 g/mol. The van der Waals surface area contributed by atoms with Crippen LogP contribution in [0.5, 0.6) is 0 Å². The molecule has 2 aliphatic rings. The molecule has 256 valence electrons. The lowest BCUT2D eigenvalue weighted by atomic mass is 9.86. The van der Waals surface area contributed by atoms with E-state index in [1.807, 2.05) is 0 Å². The predicted octanol–water partition coefficient (Wildman–Crippen LogP) is 14.4. The van der Waals surface area contributed by atoms with Crippen molar-refractivity contribution in [1.82, 2.24) is 0 Å². The molecule has 55 heavy (non-hydrogen) atoms. The van der Waals surface area contributed by atoms with E-state index in [-0.39, 0.29) is 11.8 Å². The summed E-state index contributed by atoms with van der Waals surface area (Å²) in [6.07, 6.45) is 0.